The van der Waals surface area contributed by atoms with Gasteiger partial charge >= 0.3 is 5.97 Å². The van der Waals surface area contributed by atoms with Gasteiger partial charge in [-0.15, -0.1) is 0 Å². The molecule has 1 aromatic carbocycles. The number of halogens is 2. The second-order valence-corrected chi connectivity index (χ2v) is 5.64. The van der Waals surface area contributed by atoms with Crippen LogP contribution in [0.15, 0.2) is 18.2 Å². The van der Waals surface area contributed by atoms with E-state index in [2.05, 4.69) is 5.32 Å². The molecule has 1 aliphatic rings. The first-order valence-corrected chi connectivity index (χ1v) is 7.04. The molecule has 0 saturated carbocycles. The number of carboxylic acids is 1. The molecule has 1 unspecified atom stereocenters. The fourth-order valence-electron chi connectivity index (χ4n) is 2.41. The van der Waals surface area contributed by atoms with Gasteiger partial charge in [0.1, 0.15) is 23.3 Å². The van der Waals surface area contributed by atoms with E-state index in [-0.39, 0.29) is 24.9 Å². The van der Waals surface area contributed by atoms with E-state index in [1.165, 1.54) is 6.92 Å². The van der Waals surface area contributed by atoms with Gasteiger partial charge < -0.3 is 20.3 Å². The minimum absolute atomic E-state index is 0.157. The highest BCUT2D eigenvalue weighted by Gasteiger charge is 2.36. The van der Waals surface area contributed by atoms with Crippen molar-refractivity contribution < 1.29 is 33.3 Å². The third kappa shape index (κ3) is 4.02. The van der Waals surface area contributed by atoms with Crippen LogP contribution in [0.5, 0.6) is 0 Å². The lowest BCUT2D eigenvalue weighted by atomic mass is 9.95. The molecule has 0 aliphatic carbocycles. The molecular weight excluding hydrogens is 312 g/mol. The first kappa shape index (κ1) is 17.3. The quantitative estimate of drug-likeness (QED) is 0.747. The predicted molar refractivity (Wildman–Crippen MR) is 74.5 cm³/mol. The largest absolute Gasteiger partial charge is 0.479 e. The van der Waals surface area contributed by atoms with E-state index < -0.39 is 41.3 Å². The van der Waals surface area contributed by atoms with Crippen LogP contribution in [0, 0.1) is 11.6 Å². The van der Waals surface area contributed by atoms with E-state index in [0.29, 0.717) is 6.07 Å². The van der Waals surface area contributed by atoms with Crippen LogP contribution in [0.2, 0.25) is 0 Å². The Labute approximate surface area is 131 Å². The predicted octanol–water partition coefficient (Wildman–Crippen LogP) is 0.921. The lowest BCUT2D eigenvalue weighted by Crippen LogP contribution is -2.43. The van der Waals surface area contributed by atoms with Crippen molar-refractivity contribution in [2.45, 2.75) is 37.6 Å². The highest BCUT2D eigenvalue weighted by molar-refractivity contribution is 5.82. The molecule has 3 atom stereocenters. The zero-order valence-electron chi connectivity index (χ0n) is 12.4. The van der Waals surface area contributed by atoms with Crippen molar-refractivity contribution >= 4 is 11.9 Å². The second kappa shape index (κ2) is 6.59. The number of nitrogens with one attached hydrogen (secondary N) is 1. The van der Waals surface area contributed by atoms with Gasteiger partial charge in [-0.1, -0.05) is 6.07 Å². The standard InChI is InChI=1S/C15H17F2NO5/c1-15(22,9-3-2-8(16)6-10(9)17)7-18-13(19)11-4-5-12(23-11)14(20)21/h2-3,6,11-12,22H,4-5,7H2,1H3,(H,18,19)(H,20,21)/t11-,12+,15?/m0/s1. The summed E-state index contributed by atoms with van der Waals surface area (Å²) < 4.78 is 31.7. The van der Waals surface area contributed by atoms with E-state index in [9.17, 15) is 23.5 Å². The van der Waals surface area contributed by atoms with Crippen LogP contribution in [-0.4, -0.2) is 40.8 Å². The lowest BCUT2D eigenvalue weighted by molar-refractivity contribution is -0.152. The van der Waals surface area contributed by atoms with Crippen LogP contribution in [0.4, 0.5) is 8.78 Å². The molecule has 1 saturated heterocycles. The molecule has 1 aliphatic heterocycles. The van der Waals surface area contributed by atoms with E-state index in [0.717, 1.165) is 12.1 Å². The Morgan fingerprint density at radius 1 is 1.35 bits per heavy atom. The van der Waals surface area contributed by atoms with Crippen molar-refractivity contribution in [2.24, 2.45) is 0 Å². The van der Waals surface area contributed by atoms with Crippen molar-refractivity contribution in [2.75, 3.05) is 6.54 Å². The summed E-state index contributed by atoms with van der Waals surface area (Å²) in [6.45, 7) is 0.950. The van der Waals surface area contributed by atoms with Crippen LogP contribution in [-0.2, 0) is 19.9 Å². The van der Waals surface area contributed by atoms with Gasteiger partial charge in [0, 0.05) is 11.6 Å². The normalized spacial score (nSPS) is 23.3. The number of benzene rings is 1. The number of aliphatic hydroxyl groups is 1. The molecule has 1 heterocycles. The third-order valence-electron chi connectivity index (χ3n) is 3.71. The Morgan fingerprint density at radius 3 is 2.57 bits per heavy atom. The van der Waals surface area contributed by atoms with Crippen LogP contribution in [0.3, 0.4) is 0 Å². The van der Waals surface area contributed by atoms with E-state index in [4.69, 9.17) is 9.84 Å². The molecule has 8 heteroatoms. The molecule has 6 nitrogen and oxygen atoms in total. The summed E-state index contributed by atoms with van der Waals surface area (Å²) in [4.78, 5) is 22.7. The average molecular weight is 329 g/mol. The van der Waals surface area contributed by atoms with E-state index >= 15 is 0 Å². The topological polar surface area (TPSA) is 95.9 Å². The molecule has 1 amide bonds. The highest BCUT2D eigenvalue weighted by Crippen LogP contribution is 2.24. The highest BCUT2D eigenvalue weighted by atomic mass is 19.1. The van der Waals surface area contributed by atoms with Gasteiger partial charge in [0.2, 0.25) is 5.91 Å². The number of amides is 1. The molecule has 2 rings (SSSR count). The van der Waals surface area contributed by atoms with Crippen molar-refractivity contribution in [3.63, 3.8) is 0 Å². The first-order chi connectivity index (χ1) is 10.7. The van der Waals surface area contributed by atoms with Crippen molar-refractivity contribution in [1.29, 1.82) is 0 Å². The van der Waals surface area contributed by atoms with Crippen molar-refractivity contribution in [1.82, 2.24) is 5.32 Å². The molecule has 126 valence electrons. The summed E-state index contributed by atoms with van der Waals surface area (Å²) in [7, 11) is 0. The molecule has 0 aromatic heterocycles. The van der Waals surface area contributed by atoms with Gasteiger partial charge in [0.15, 0.2) is 6.10 Å². The number of ether oxygens (including phenoxy) is 1. The summed E-state index contributed by atoms with van der Waals surface area (Å²) in [5, 5.41) is 21.5. The zero-order valence-corrected chi connectivity index (χ0v) is 12.4. The summed E-state index contributed by atoms with van der Waals surface area (Å²) in [6.07, 6.45) is -1.49. The molecule has 1 aromatic rings. The number of aliphatic carboxylic acids is 1. The Balaban J connectivity index is 1.96. The first-order valence-electron chi connectivity index (χ1n) is 7.04. The summed E-state index contributed by atoms with van der Waals surface area (Å²) in [5.41, 5.74) is -1.91. The maximum absolute atomic E-state index is 13.7. The van der Waals surface area contributed by atoms with Gasteiger partial charge in [-0.3, -0.25) is 4.79 Å². The summed E-state index contributed by atoms with van der Waals surface area (Å²) >= 11 is 0. The maximum Gasteiger partial charge on any atom is 0.332 e. The molecule has 23 heavy (non-hydrogen) atoms. The van der Waals surface area contributed by atoms with Crippen LogP contribution in [0.1, 0.15) is 25.3 Å². The minimum Gasteiger partial charge on any atom is -0.479 e. The second-order valence-electron chi connectivity index (χ2n) is 5.64. The van der Waals surface area contributed by atoms with Gasteiger partial charge in [-0.2, -0.15) is 0 Å². The molecule has 1 fully saturated rings. The average Bonchev–Trinajstić information content (AvgIpc) is 2.94. The number of hydrogen-bond acceptors (Lipinski definition) is 4. The van der Waals surface area contributed by atoms with Gasteiger partial charge in [0.25, 0.3) is 0 Å². The van der Waals surface area contributed by atoms with E-state index in [1.807, 2.05) is 0 Å². The monoisotopic (exact) mass is 329 g/mol. The number of rotatable bonds is 5. The molecule has 0 spiro atoms. The summed E-state index contributed by atoms with van der Waals surface area (Å²) in [6, 6.07) is 2.75. The van der Waals surface area contributed by atoms with Gasteiger partial charge in [0.05, 0.1) is 6.54 Å². The number of carbonyl (C=O) groups excluding carboxylic acids is 1. The van der Waals surface area contributed by atoms with Crippen LogP contribution >= 0.6 is 0 Å². The molecule has 0 radical (unpaired) electrons. The lowest BCUT2D eigenvalue weighted by Gasteiger charge is -2.25. The fourth-order valence-corrected chi connectivity index (χ4v) is 2.41. The van der Waals surface area contributed by atoms with Crippen molar-refractivity contribution in [3.8, 4) is 0 Å². The molecule has 0 bridgehead atoms. The Bertz CT molecular complexity index is 620. The Kier molecular flexibility index (Phi) is 4.96. The number of carboxylic acid groups (broad SMARTS) is 1. The van der Waals surface area contributed by atoms with Crippen molar-refractivity contribution in [3.05, 3.63) is 35.4 Å². The fraction of sp³-hybridized carbons (Fsp3) is 0.467. The Morgan fingerprint density at radius 2 is 2.00 bits per heavy atom. The van der Waals surface area contributed by atoms with Crippen LogP contribution in [0.25, 0.3) is 0 Å². The molecule has 3 N–H and O–H groups in total. The maximum atomic E-state index is 13.7. The van der Waals surface area contributed by atoms with Gasteiger partial charge in [-0.05, 0) is 25.8 Å². The zero-order chi connectivity index (χ0) is 17.2. The van der Waals surface area contributed by atoms with E-state index in [1.54, 1.807) is 0 Å². The summed E-state index contributed by atoms with van der Waals surface area (Å²) in [5.74, 6) is -3.42. The number of hydrogen-bond donors (Lipinski definition) is 3. The Hall–Kier alpha value is -2.06. The smallest absolute Gasteiger partial charge is 0.332 e. The molecular formula is C15H17F2NO5. The SMILES string of the molecule is CC(O)(CNC(=O)[C@@H]1CC[C@H](C(=O)O)O1)c1ccc(F)cc1F. The van der Waals surface area contributed by atoms with Crippen LogP contribution < -0.4 is 5.32 Å². The number of carbonyl (C=O) groups is 2. The third-order valence-corrected chi connectivity index (χ3v) is 3.71. The van der Waals surface area contributed by atoms with Gasteiger partial charge in [-0.25, -0.2) is 13.6 Å². The minimum atomic E-state index is -1.75.